The molecule has 8 nitrogen and oxygen atoms in total. The zero-order valence-corrected chi connectivity index (χ0v) is 18.4. The maximum absolute atomic E-state index is 10.2. The van der Waals surface area contributed by atoms with Crippen molar-refractivity contribution in [3.63, 3.8) is 0 Å². The van der Waals surface area contributed by atoms with Crippen molar-refractivity contribution < 1.29 is 19.5 Å². The van der Waals surface area contributed by atoms with Gasteiger partial charge in [-0.3, -0.25) is 4.79 Å². The number of nitrogens with two attached hydrogens (primary N) is 2. The number of carboxylic acids is 1. The normalized spacial score (nSPS) is 9.72. The van der Waals surface area contributed by atoms with Crippen molar-refractivity contribution in [2.24, 2.45) is 16.6 Å². The molecule has 158 valence electrons. The van der Waals surface area contributed by atoms with E-state index in [2.05, 4.69) is 25.8 Å². The molecule has 0 aliphatic carbocycles. The standard InChI is InChI=1S/C11H17N3O2.C8H8BrNO2S/c1-9-3-5-10(6-4-9)15-7-2-8-16-14-11(12)13;9-6-2-1-3-7(4-6)13-10-5-8(11)12/h3-6H,2,7-8H2,1H3,(H4,12,13,14);1-4,10H,5H2,(H,11,12). The largest absolute Gasteiger partial charge is 0.493 e. The highest BCUT2D eigenvalue weighted by Crippen LogP contribution is 2.19. The third-order valence-corrected chi connectivity index (χ3v) is 4.32. The van der Waals surface area contributed by atoms with E-state index in [4.69, 9.17) is 26.1 Å². The number of carboxylic acid groups (broad SMARTS) is 1. The molecule has 0 fully saturated rings. The number of benzene rings is 2. The van der Waals surface area contributed by atoms with Crippen LogP contribution in [0.4, 0.5) is 0 Å². The molecule has 0 saturated heterocycles. The van der Waals surface area contributed by atoms with Gasteiger partial charge in [0.15, 0.2) is 0 Å². The molecule has 2 aromatic rings. The highest BCUT2D eigenvalue weighted by molar-refractivity contribution is 9.10. The quantitative estimate of drug-likeness (QED) is 0.133. The number of carbonyl (C=O) groups is 1. The number of hydrogen-bond acceptors (Lipinski definition) is 6. The number of nitrogens with one attached hydrogen (secondary N) is 1. The van der Waals surface area contributed by atoms with Gasteiger partial charge in [0.1, 0.15) is 18.9 Å². The van der Waals surface area contributed by atoms with Crippen LogP contribution in [0.25, 0.3) is 0 Å². The lowest BCUT2D eigenvalue weighted by atomic mass is 10.2. The molecule has 0 amide bonds. The van der Waals surface area contributed by atoms with Gasteiger partial charge in [-0.1, -0.05) is 39.7 Å². The summed E-state index contributed by atoms with van der Waals surface area (Å²) in [4.78, 5) is 16.0. The van der Waals surface area contributed by atoms with Gasteiger partial charge >= 0.3 is 5.97 Å². The molecule has 0 saturated carbocycles. The van der Waals surface area contributed by atoms with Crippen molar-refractivity contribution in [1.82, 2.24) is 4.72 Å². The van der Waals surface area contributed by atoms with E-state index >= 15 is 0 Å². The molecule has 6 N–H and O–H groups in total. The third kappa shape index (κ3) is 13.4. The summed E-state index contributed by atoms with van der Waals surface area (Å²) in [5, 5.41) is 11.8. The fraction of sp³-hybridized carbons (Fsp3) is 0.263. The summed E-state index contributed by atoms with van der Waals surface area (Å²) in [5.74, 6) is -0.0746. The molecule has 0 bridgehead atoms. The number of rotatable bonds is 10. The first-order valence-corrected chi connectivity index (χ1v) is 10.2. The summed E-state index contributed by atoms with van der Waals surface area (Å²) in [6.07, 6.45) is 0.727. The summed E-state index contributed by atoms with van der Waals surface area (Å²) in [5.41, 5.74) is 11.4. The van der Waals surface area contributed by atoms with Crippen LogP contribution in [-0.2, 0) is 9.63 Å². The smallest absolute Gasteiger partial charge is 0.318 e. The third-order valence-electron chi connectivity index (χ3n) is 3.05. The predicted octanol–water partition coefficient (Wildman–Crippen LogP) is 3.10. The van der Waals surface area contributed by atoms with Gasteiger partial charge in [-0.15, -0.1) is 0 Å². The average Bonchev–Trinajstić information content (AvgIpc) is 2.66. The fourth-order valence-electron chi connectivity index (χ4n) is 1.78. The highest BCUT2D eigenvalue weighted by atomic mass is 79.9. The van der Waals surface area contributed by atoms with Crippen LogP contribution in [-0.4, -0.2) is 36.8 Å². The Morgan fingerprint density at radius 2 is 1.93 bits per heavy atom. The molecule has 2 aromatic carbocycles. The van der Waals surface area contributed by atoms with E-state index in [1.807, 2.05) is 55.5 Å². The Morgan fingerprint density at radius 3 is 2.55 bits per heavy atom. The molecular weight excluding hydrogens is 460 g/mol. The second-order valence-electron chi connectivity index (χ2n) is 5.64. The first-order valence-electron chi connectivity index (χ1n) is 8.64. The summed E-state index contributed by atoms with van der Waals surface area (Å²) in [6, 6.07) is 15.5. The first kappa shape index (κ1) is 24.6. The molecule has 0 heterocycles. The molecule has 0 radical (unpaired) electrons. The Bertz CT molecular complexity index is 771. The van der Waals surface area contributed by atoms with Crippen LogP contribution in [0.3, 0.4) is 0 Å². The molecule has 0 atom stereocenters. The molecule has 10 heteroatoms. The van der Waals surface area contributed by atoms with E-state index in [9.17, 15) is 4.79 Å². The minimum atomic E-state index is -0.859. The lowest BCUT2D eigenvalue weighted by Gasteiger charge is -2.05. The van der Waals surface area contributed by atoms with Crippen molar-refractivity contribution in [3.8, 4) is 5.75 Å². The van der Waals surface area contributed by atoms with Gasteiger partial charge in [-0.05, 0) is 54.4 Å². The van der Waals surface area contributed by atoms with E-state index in [-0.39, 0.29) is 12.5 Å². The van der Waals surface area contributed by atoms with Crippen molar-refractivity contribution in [2.75, 3.05) is 19.8 Å². The van der Waals surface area contributed by atoms with E-state index < -0.39 is 5.97 Å². The second kappa shape index (κ2) is 14.6. The van der Waals surface area contributed by atoms with Crippen LogP contribution in [0, 0.1) is 6.92 Å². The van der Waals surface area contributed by atoms with Crippen LogP contribution in [0.2, 0.25) is 0 Å². The fourth-order valence-corrected chi connectivity index (χ4v) is 3.03. The number of aryl methyl sites for hydroxylation is 1. The molecule has 0 aliphatic heterocycles. The number of halogens is 1. The lowest BCUT2D eigenvalue weighted by Crippen LogP contribution is -2.23. The van der Waals surface area contributed by atoms with Crippen molar-refractivity contribution in [2.45, 2.75) is 18.2 Å². The number of aliphatic carboxylic acids is 1. The first-order chi connectivity index (χ1) is 13.9. The van der Waals surface area contributed by atoms with Crippen LogP contribution >= 0.6 is 27.9 Å². The Morgan fingerprint density at radius 1 is 1.21 bits per heavy atom. The SMILES string of the molecule is Cc1ccc(OCCCON=C(N)N)cc1.O=C(O)CNSc1cccc(Br)c1. The van der Waals surface area contributed by atoms with Crippen LogP contribution < -0.4 is 20.9 Å². The van der Waals surface area contributed by atoms with Crippen LogP contribution in [0.15, 0.2) is 63.1 Å². The van der Waals surface area contributed by atoms with E-state index in [0.29, 0.717) is 13.2 Å². The zero-order valence-electron chi connectivity index (χ0n) is 16.0. The maximum atomic E-state index is 10.2. The molecule has 0 aromatic heterocycles. The van der Waals surface area contributed by atoms with Gasteiger partial charge in [0, 0.05) is 15.8 Å². The van der Waals surface area contributed by atoms with Gasteiger partial charge in [0.25, 0.3) is 0 Å². The molecule has 29 heavy (non-hydrogen) atoms. The van der Waals surface area contributed by atoms with Crippen molar-refractivity contribution in [1.29, 1.82) is 0 Å². The number of hydrogen-bond donors (Lipinski definition) is 4. The molecule has 0 unspecified atom stereocenters. The van der Waals surface area contributed by atoms with Gasteiger partial charge in [0.05, 0.1) is 6.61 Å². The Labute approximate surface area is 182 Å². The predicted molar refractivity (Wildman–Crippen MR) is 119 cm³/mol. The zero-order chi connectivity index (χ0) is 21.5. The number of ether oxygens (including phenoxy) is 1. The second-order valence-corrected chi connectivity index (χ2v) is 7.52. The highest BCUT2D eigenvalue weighted by Gasteiger charge is 1.97. The Kier molecular flexibility index (Phi) is 12.3. The minimum absolute atomic E-state index is 0.0445. The summed E-state index contributed by atoms with van der Waals surface area (Å²) in [6.45, 7) is 3.00. The van der Waals surface area contributed by atoms with Crippen molar-refractivity contribution >= 4 is 39.8 Å². The summed E-state index contributed by atoms with van der Waals surface area (Å²) in [7, 11) is 0. The van der Waals surface area contributed by atoms with Gasteiger partial charge in [-0.2, -0.15) is 0 Å². The summed E-state index contributed by atoms with van der Waals surface area (Å²) < 4.78 is 9.18. The molecule has 2 rings (SSSR count). The lowest BCUT2D eigenvalue weighted by molar-refractivity contribution is -0.135. The topological polar surface area (TPSA) is 132 Å². The van der Waals surface area contributed by atoms with Gasteiger partial charge in [-0.25, -0.2) is 4.72 Å². The maximum Gasteiger partial charge on any atom is 0.318 e. The van der Waals surface area contributed by atoms with E-state index in [1.165, 1.54) is 17.5 Å². The molecule has 0 spiro atoms. The van der Waals surface area contributed by atoms with Crippen LogP contribution in [0.1, 0.15) is 12.0 Å². The molecular formula is C19H25BrN4O4S. The number of guanidine groups is 1. The van der Waals surface area contributed by atoms with E-state index in [0.717, 1.165) is 21.5 Å². The number of nitrogens with zero attached hydrogens (tertiary/aromatic N) is 1. The average molecular weight is 485 g/mol. The van der Waals surface area contributed by atoms with E-state index in [1.54, 1.807) is 0 Å². The molecule has 0 aliphatic rings. The van der Waals surface area contributed by atoms with Gasteiger partial charge < -0.3 is 26.1 Å². The Balaban J connectivity index is 0.000000296. The monoisotopic (exact) mass is 484 g/mol. The number of oxime groups is 1. The summed E-state index contributed by atoms with van der Waals surface area (Å²) >= 11 is 4.63. The van der Waals surface area contributed by atoms with Crippen LogP contribution in [0.5, 0.6) is 5.75 Å². The minimum Gasteiger partial charge on any atom is -0.493 e. The van der Waals surface area contributed by atoms with Crippen molar-refractivity contribution in [3.05, 3.63) is 58.6 Å². The Hall–Kier alpha value is -2.43. The van der Waals surface area contributed by atoms with Gasteiger partial charge in [0.2, 0.25) is 5.96 Å².